The fraction of sp³-hybridized carbons (Fsp3) is 0.385. The molecule has 0 heterocycles. The molecule has 0 fully saturated rings. The second-order valence-corrected chi connectivity index (χ2v) is 7.10. The van der Waals surface area contributed by atoms with E-state index in [1.165, 1.54) is 11.8 Å². The van der Waals surface area contributed by atoms with Gasteiger partial charge in [-0.05, 0) is 54.9 Å². The molecule has 1 rings (SSSR count). The Bertz CT molecular complexity index is 515. The number of benzene rings is 1. The molecule has 0 unspecified atom stereocenters. The average molecular weight is 360 g/mol. The van der Waals surface area contributed by atoms with Crippen molar-refractivity contribution in [2.75, 3.05) is 11.5 Å². The van der Waals surface area contributed by atoms with E-state index in [-0.39, 0.29) is 17.2 Å². The smallest absolute Gasteiger partial charge is 0.321 e. The van der Waals surface area contributed by atoms with Gasteiger partial charge in [0, 0.05) is 20.6 Å². The molecule has 3 amide bonds. The minimum Gasteiger partial charge on any atom is -0.399 e. The molecule has 1 aromatic carbocycles. The zero-order valence-corrected chi connectivity index (χ0v) is 14.0. The predicted octanol–water partition coefficient (Wildman–Crippen LogP) is 2.75. The Morgan fingerprint density at radius 1 is 1.35 bits per heavy atom. The van der Waals surface area contributed by atoms with Gasteiger partial charge in [0.25, 0.3) is 0 Å². The number of anilines is 1. The molecule has 110 valence electrons. The first-order valence-electron chi connectivity index (χ1n) is 5.97. The van der Waals surface area contributed by atoms with Crippen molar-refractivity contribution in [1.29, 1.82) is 0 Å². The van der Waals surface area contributed by atoms with Crippen LogP contribution in [0.4, 0.5) is 10.5 Å². The minimum absolute atomic E-state index is 0.153. The summed E-state index contributed by atoms with van der Waals surface area (Å²) in [6.45, 7) is 5.53. The number of amides is 3. The quantitative estimate of drug-likeness (QED) is 0.572. The first-order chi connectivity index (χ1) is 9.17. The van der Waals surface area contributed by atoms with Gasteiger partial charge in [-0.15, -0.1) is 11.8 Å². The SMILES string of the molecule is CC(C)(C)NC(=O)NC(=O)CSc1ccc(N)cc1Br. The van der Waals surface area contributed by atoms with Gasteiger partial charge in [-0.2, -0.15) is 0 Å². The Labute approximate surface area is 131 Å². The lowest BCUT2D eigenvalue weighted by molar-refractivity contribution is -0.117. The largest absolute Gasteiger partial charge is 0.399 e. The van der Waals surface area contributed by atoms with Crippen LogP contribution in [0.5, 0.6) is 0 Å². The fourth-order valence-electron chi connectivity index (χ4n) is 1.31. The highest BCUT2D eigenvalue weighted by Gasteiger charge is 2.15. The molecule has 0 radical (unpaired) electrons. The van der Waals surface area contributed by atoms with Crippen LogP contribution in [0, 0.1) is 0 Å². The number of hydrogen-bond donors (Lipinski definition) is 3. The summed E-state index contributed by atoms with van der Waals surface area (Å²) >= 11 is 4.71. The van der Waals surface area contributed by atoms with E-state index in [2.05, 4.69) is 26.6 Å². The first kappa shape index (κ1) is 16.8. The third-order valence-corrected chi connectivity index (χ3v) is 4.05. The van der Waals surface area contributed by atoms with Crippen LogP contribution >= 0.6 is 27.7 Å². The van der Waals surface area contributed by atoms with Crippen molar-refractivity contribution in [3.05, 3.63) is 22.7 Å². The zero-order chi connectivity index (χ0) is 15.3. The Morgan fingerprint density at radius 2 is 2.00 bits per heavy atom. The Balaban J connectivity index is 2.46. The van der Waals surface area contributed by atoms with Crippen molar-refractivity contribution in [3.63, 3.8) is 0 Å². The van der Waals surface area contributed by atoms with Gasteiger partial charge >= 0.3 is 6.03 Å². The monoisotopic (exact) mass is 359 g/mol. The molecule has 20 heavy (non-hydrogen) atoms. The van der Waals surface area contributed by atoms with Crippen LogP contribution in [0.3, 0.4) is 0 Å². The summed E-state index contributed by atoms with van der Waals surface area (Å²) in [7, 11) is 0. The van der Waals surface area contributed by atoms with Gasteiger partial charge in [0.15, 0.2) is 0 Å². The first-order valence-corrected chi connectivity index (χ1v) is 7.75. The van der Waals surface area contributed by atoms with Crippen LogP contribution in [-0.4, -0.2) is 23.2 Å². The molecule has 0 aromatic heterocycles. The highest BCUT2D eigenvalue weighted by molar-refractivity contribution is 9.10. The van der Waals surface area contributed by atoms with E-state index in [0.717, 1.165) is 9.37 Å². The molecule has 0 aliphatic carbocycles. The molecule has 0 atom stereocenters. The van der Waals surface area contributed by atoms with Crippen LogP contribution in [0.1, 0.15) is 20.8 Å². The second kappa shape index (κ2) is 6.99. The summed E-state index contributed by atoms with van der Waals surface area (Å²) in [5, 5.41) is 4.95. The number of rotatable bonds is 3. The number of urea groups is 1. The van der Waals surface area contributed by atoms with Crippen LogP contribution in [0.2, 0.25) is 0 Å². The molecule has 4 N–H and O–H groups in total. The van der Waals surface area contributed by atoms with Crippen LogP contribution in [0.25, 0.3) is 0 Å². The minimum atomic E-state index is -0.487. The normalized spacial score (nSPS) is 11.0. The number of nitrogens with one attached hydrogen (secondary N) is 2. The van der Waals surface area contributed by atoms with E-state index >= 15 is 0 Å². The molecule has 0 aliphatic heterocycles. The van der Waals surface area contributed by atoms with Gasteiger partial charge in [-0.1, -0.05) is 0 Å². The van der Waals surface area contributed by atoms with E-state index in [4.69, 9.17) is 5.73 Å². The van der Waals surface area contributed by atoms with Crippen molar-refractivity contribution >= 4 is 45.3 Å². The number of carbonyl (C=O) groups is 2. The van der Waals surface area contributed by atoms with Crippen LogP contribution in [-0.2, 0) is 4.79 Å². The number of nitrogens with two attached hydrogens (primary N) is 1. The van der Waals surface area contributed by atoms with E-state index in [1.807, 2.05) is 26.8 Å². The molecule has 0 saturated heterocycles. The molecule has 1 aromatic rings. The van der Waals surface area contributed by atoms with Crippen LogP contribution in [0.15, 0.2) is 27.6 Å². The Kier molecular flexibility index (Phi) is 5.88. The number of hydrogen-bond acceptors (Lipinski definition) is 4. The summed E-state index contributed by atoms with van der Waals surface area (Å²) in [4.78, 5) is 24.1. The molecule has 0 spiro atoms. The maximum absolute atomic E-state index is 11.7. The van der Waals surface area contributed by atoms with Gasteiger partial charge in [0.1, 0.15) is 0 Å². The average Bonchev–Trinajstić information content (AvgIpc) is 2.24. The number of imide groups is 1. The molecule has 0 aliphatic rings. The second-order valence-electron chi connectivity index (χ2n) is 5.23. The van der Waals surface area contributed by atoms with Crippen molar-refractivity contribution in [3.8, 4) is 0 Å². The standard InChI is InChI=1S/C13H18BrN3O2S/c1-13(2,3)17-12(19)16-11(18)7-20-10-5-4-8(15)6-9(10)14/h4-6H,7,15H2,1-3H3,(H2,16,17,18,19). The molecule has 7 heteroatoms. The van der Waals surface area contributed by atoms with Crippen molar-refractivity contribution in [1.82, 2.24) is 10.6 Å². The summed E-state index contributed by atoms with van der Waals surface area (Å²) in [5.74, 6) is -0.194. The molecule has 0 bridgehead atoms. The van der Waals surface area contributed by atoms with Crippen LogP contribution < -0.4 is 16.4 Å². The predicted molar refractivity (Wildman–Crippen MR) is 85.7 cm³/mol. The topological polar surface area (TPSA) is 84.2 Å². The maximum Gasteiger partial charge on any atom is 0.321 e. The summed E-state index contributed by atoms with van der Waals surface area (Å²) in [6, 6.07) is 4.87. The van der Waals surface area contributed by atoms with E-state index in [0.29, 0.717) is 5.69 Å². The van der Waals surface area contributed by atoms with E-state index in [1.54, 1.807) is 12.1 Å². The maximum atomic E-state index is 11.7. The third kappa shape index (κ3) is 6.29. The molecule has 5 nitrogen and oxygen atoms in total. The molecular formula is C13H18BrN3O2S. The third-order valence-electron chi connectivity index (χ3n) is 2.06. The van der Waals surface area contributed by atoms with E-state index < -0.39 is 6.03 Å². The van der Waals surface area contributed by atoms with Gasteiger partial charge in [-0.25, -0.2) is 4.79 Å². The Hall–Kier alpha value is -1.21. The summed E-state index contributed by atoms with van der Waals surface area (Å²) in [6.07, 6.45) is 0. The Morgan fingerprint density at radius 3 is 2.55 bits per heavy atom. The highest BCUT2D eigenvalue weighted by atomic mass is 79.9. The van der Waals surface area contributed by atoms with Gasteiger partial charge in [-0.3, -0.25) is 10.1 Å². The summed E-state index contributed by atoms with van der Waals surface area (Å²) < 4.78 is 0.828. The highest BCUT2D eigenvalue weighted by Crippen LogP contribution is 2.28. The summed E-state index contributed by atoms with van der Waals surface area (Å²) in [5.41, 5.74) is 5.91. The fourth-order valence-corrected chi connectivity index (χ4v) is 2.77. The molecule has 0 saturated carbocycles. The van der Waals surface area contributed by atoms with Crippen molar-refractivity contribution < 1.29 is 9.59 Å². The molecular weight excluding hydrogens is 342 g/mol. The number of nitrogen functional groups attached to an aromatic ring is 1. The number of thioether (sulfide) groups is 1. The van der Waals surface area contributed by atoms with Crippen molar-refractivity contribution in [2.24, 2.45) is 0 Å². The van der Waals surface area contributed by atoms with Gasteiger partial charge in [0.05, 0.1) is 5.75 Å². The van der Waals surface area contributed by atoms with E-state index in [9.17, 15) is 9.59 Å². The van der Waals surface area contributed by atoms with Gasteiger partial charge in [0.2, 0.25) is 5.91 Å². The number of halogens is 1. The van der Waals surface area contributed by atoms with Crippen molar-refractivity contribution in [2.45, 2.75) is 31.2 Å². The number of carbonyl (C=O) groups excluding carboxylic acids is 2. The lowest BCUT2D eigenvalue weighted by Gasteiger charge is -2.20. The van der Waals surface area contributed by atoms with Gasteiger partial charge < -0.3 is 11.1 Å². The lowest BCUT2D eigenvalue weighted by atomic mass is 10.1. The lowest BCUT2D eigenvalue weighted by Crippen LogP contribution is -2.48. The zero-order valence-electron chi connectivity index (χ0n) is 11.6.